The zero-order valence-electron chi connectivity index (χ0n) is 16.4. The van der Waals surface area contributed by atoms with Crippen LogP contribution in [0.25, 0.3) is 11.0 Å². The number of nitrogens with zero attached hydrogens (tertiary/aromatic N) is 2. The maximum atomic E-state index is 10.7. The molecule has 0 amide bonds. The highest BCUT2D eigenvalue weighted by Crippen LogP contribution is 2.29. The lowest BCUT2D eigenvalue weighted by molar-refractivity contribution is 0.0780. The second kappa shape index (κ2) is 8.76. The molecule has 0 saturated carbocycles. The van der Waals surface area contributed by atoms with E-state index in [1.807, 2.05) is 30.3 Å². The predicted molar refractivity (Wildman–Crippen MR) is 110 cm³/mol. The number of ether oxygens (including phenoxy) is 2. The Morgan fingerprint density at radius 3 is 2.64 bits per heavy atom. The van der Waals surface area contributed by atoms with Crippen molar-refractivity contribution in [1.82, 2.24) is 9.55 Å². The highest BCUT2D eigenvalue weighted by Gasteiger charge is 2.24. The Labute approximate surface area is 165 Å². The van der Waals surface area contributed by atoms with Crippen LogP contribution in [-0.4, -0.2) is 40.6 Å². The number of hydrogen-bond donors (Lipinski definition) is 1. The van der Waals surface area contributed by atoms with Crippen LogP contribution in [0.1, 0.15) is 37.1 Å². The summed E-state index contributed by atoms with van der Waals surface area (Å²) >= 11 is 0. The van der Waals surface area contributed by atoms with Gasteiger partial charge in [0.05, 0.1) is 17.6 Å². The van der Waals surface area contributed by atoms with Crippen molar-refractivity contribution in [2.24, 2.45) is 0 Å². The fourth-order valence-electron chi connectivity index (χ4n) is 3.83. The molecule has 0 radical (unpaired) electrons. The zero-order valence-corrected chi connectivity index (χ0v) is 16.4. The molecule has 0 bridgehead atoms. The molecule has 5 heteroatoms. The Morgan fingerprint density at radius 2 is 1.89 bits per heavy atom. The summed E-state index contributed by atoms with van der Waals surface area (Å²) in [6, 6.07) is 16.2. The van der Waals surface area contributed by atoms with Gasteiger partial charge in [0.2, 0.25) is 0 Å². The summed E-state index contributed by atoms with van der Waals surface area (Å²) in [6.45, 7) is 4.40. The minimum atomic E-state index is -0.609. The highest BCUT2D eigenvalue weighted by atomic mass is 16.5. The molecule has 5 nitrogen and oxygen atoms in total. The van der Waals surface area contributed by atoms with Gasteiger partial charge in [-0.2, -0.15) is 0 Å². The Balaban J connectivity index is 1.49. The summed E-state index contributed by atoms with van der Waals surface area (Å²) in [6.07, 6.45) is 2.34. The van der Waals surface area contributed by atoms with E-state index in [0.717, 1.165) is 55.1 Å². The van der Waals surface area contributed by atoms with Gasteiger partial charge in [-0.3, -0.25) is 0 Å². The fraction of sp³-hybridized carbons (Fsp3) is 0.435. The number of aliphatic hydroxyl groups is 1. The summed E-state index contributed by atoms with van der Waals surface area (Å²) in [5.41, 5.74) is 3.32. The first kappa shape index (κ1) is 19.0. The van der Waals surface area contributed by atoms with Crippen molar-refractivity contribution in [3.8, 4) is 5.75 Å². The van der Waals surface area contributed by atoms with E-state index in [2.05, 4.69) is 29.7 Å². The molecule has 0 aliphatic carbocycles. The minimum absolute atomic E-state index is 0.255. The number of rotatable bonds is 7. The lowest BCUT2D eigenvalue weighted by atomic mass is 9.99. The van der Waals surface area contributed by atoms with E-state index < -0.39 is 6.10 Å². The fourth-order valence-corrected chi connectivity index (χ4v) is 3.83. The van der Waals surface area contributed by atoms with Gasteiger partial charge in [-0.05, 0) is 49.1 Å². The van der Waals surface area contributed by atoms with Crippen molar-refractivity contribution in [3.63, 3.8) is 0 Å². The van der Waals surface area contributed by atoms with E-state index in [1.165, 1.54) is 5.56 Å². The summed E-state index contributed by atoms with van der Waals surface area (Å²) in [7, 11) is 0. The molecule has 2 aromatic carbocycles. The second-order valence-corrected chi connectivity index (χ2v) is 7.42. The first-order valence-electron chi connectivity index (χ1n) is 10.2. The number of aliphatic hydroxyl groups excluding tert-OH is 1. The molecule has 1 aliphatic heterocycles. The van der Waals surface area contributed by atoms with E-state index >= 15 is 0 Å². The van der Waals surface area contributed by atoms with Gasteiger partial charge < -0.3 is 19.1 Å². The third-order valence-electron chi connectivity index (χ3n) is 5.44. The van der Waals surface area contributed by atoms with Crippen LogP contribution in [0, 0.1) is 0 Å². The van der Waals surface area contributed by atoms with Crippen molar-refractivity contribution in [3.05, 3.63) is 59.9 Å². The molecule has 4 rings (SSSR count). The zero-order chi connectivity index (χ0) is 19.3. The third kappa shape index (κ3) is 4.21. The topological polar surface area (TPSA) is 56.5 Å². The van der Waals surface area contributed by atoms with Crippen molar-refractivity contribution < 1.29 is 14.6 Å². The normalized spacial score (nSPS) is 16.4. The highest BCUT2D eigenvalue weighted by molar-refractivity contribution is 5.76. The number of imidazole rings is 1. The number of para-hydroxylation sites is 2. The number of benzene rings is 2. The van der Waals surface area contributed by atoms with E-state index in [-0.39, 0.29) is 6.61 Å². The van der Waals surface area contributed by atoms with E-state index in [9.17, 15) is 5.11 Å². The van der Waals surface area contributed by atoms with E-state index in [1.54, 1.807) is 0 Å². The maximum Gasteiger partial charge on any atom is 0.119 e. The Hall–Kier alpha value is -2.37. The largest absolute Gasteiger partial charge is 0.491 e. The summed E-state index contributed by atoms with van der Waals surface area (Å²) < 4.78 is 13.5. The Morgan fingerprint density at radius 1 is 1.14 bits per heavy atom. The smallest absolute Gasteiger partial charge is 0.119 e. The van der Waals surface area contributed by atoms with Crippen LogP contribution in [0.4, 0.5) is 0 Å². The summed E-state index contributed by atoms with van der Waals surface area (Å²) in [5.74, 6) is 2.21. The number of aryl methyl sites for hydroxylation is 1. The predicted octanol–water partition coefficient (Wildman–Crippen LogP) is 3.93. The number of fused-ring (bicyclic) bond motifs is 1. The molecule has 28 heavy (non-hydrogen) atoms. The molecule has 148 valence electrons. The standard InChI is InChI=1S/C23H28N2O3/c1-2-17-7-9-20(10-8-17)28-16-19(26)15-25-22-6-4-3-5-21(22)24-23(25)18-11-13-27-14-12-18/h3-10,18-19,26H,2,11-16H2,1H3. The molecule has 1 aromatic heterocycles. The van der Waals surface area contributed by atoms with Gasteiger partial charge in [-0.1, -0.05) is 31.2 Å². The molecule has 0 spiro atoms. The van der Waals surface area contributed by atoms with Crippen LogP contribution in [0.15, 0.2) is 48.5 Å². The monoisotopic (exact) mass is 380 g/mol. The molecule has 1 atom stereocenters. The van der Waals surface area contributed by atoms with Crippen molar-refractivity contribution in [2.75, 3.05) is 19.8 Å². The molecule has 1 aliphatic rings. The molecule has 3 aromatic rings. The van der Waals surface area contributed by atoms with Gasteiger partial charge in [0.15, 0.2) is 0 Å². The van der Waals surface area contributed by atoms with Crippen molar-refractivity contribution >= 4 is 11.0 Å². The summed E-state index contributed by atoms with van der Waals surface area (Å²) in [4.78, 5) is 4.88. The van der Waals surface area contributed by atoms with E-state index in [0.29, 0.717) is 12.5 Å². The van der Waals surface area contributed by atoms with Gasteiger partial charge in [0.1, 0.15) is 24.3 Å². The average Bonchev–Trinajstić information content (AvgIpc) is 3.12. The Kier molecular flexibility index (Phi) is 5.93. The third-order valence-corrected chi connectivity index (χ3v) is 5.44. The van der Waals surface area contributed by atoms with Gasteiger partial charge >= 0.3 is 0 Å². The van der Waals surface area contributed by atoms with Crippen LogP contribution in [0.5, 0.6) is 5.75 Å². The van der Waals surface area contributed by atoms with Crippen LogP contribution >= 0.6 is 0 Å². The van der Waals surface area contributed by atoms with Crippen molar-refractivity contribution in [2.45, 2.75) is 44.8 Å². The SMILES string of the molecule is CCc1ccc(OCC(O)Cn2c(C3CCOCC3)nc3ccccc32)cc1. The molecule has 2 heterocycles. The minimum Gasteiger partial charge on any atom is -0.491 e. The molecule has 1 unspecified atom stereocenters. The summed E-state index contributed by atoms with van der Waals surface area (Å²) in [5, 5.41) is 10.7. The number of aromatic nitrogens is 2. The molecular formula is C23H28N2O3. The van der Waals surface area contributed by atoms with Gasteiger partial charge in [-0.25, -0.2) is 4.98 Å². The molecule has 1 saturated heterocycles. The molecule has 1 fully saturated rings. The quantitative estimate of drug-likeness (QED) is 0.675. The average molecular weight is 380 g/mol. The van der Waals surface area contributed by atoms with Gasteiger partial charge in [-0.15, -0.1) is 0 Å². The lowest BCUT2D eigenvalue weighted by Crippen LogP contribution is -2.26. The van der Waals surface area contributed by atoms with Gasteiger partial charge in [0, 0.05) is 19.1 Å². The molecular weight excluding hydrogens is 352 g/mol. The van der Waals surface area contributed by atoms with E-state index in [4.69, 9.17) is 14.5 Å². The van der Waals surface area contributed by atoms with Crippen LogP contribution < -0.4 is 4.74 Å². The first-order chi connectivity index (χ1) is 13.7. The maximum absolute atomic E-state index is 10.7. The number of hydrogen-bond acceptors (Lipinski definition) is 4. The lowest BCUT2D eigenvalue weighted by Gasteiger charge is -2.23. The van der Waals surface area contributed by atoms with Crippen LogP contribution in [0.3, 0.4) is 0 Å². The van der Waals surface area contributed by atoms with Crippen LogP contribution in [-0.2, 0) is 17.7 Å². The first-order valence-corrected chi connectivity index (χ1v) is 10.2. The van der Waals surface area contributed by atoms with Crippen LogP contribution in [0.2, 0.25) is 0 Å². The van der Waals surface area contributed by atoms with Gasteiger partial charge in [0.25, 0.3) is 0 Å². The van der Waals surface area contributed by atoms with Crippen molar-refractivity contribution in [1.29, 1.82) is 0 Å². The Bertz CT molecular complexity index is 898. The molecule has 1 N–H and O–H groups in total. The second-order valence-electron chi connectivity index (χ2n) is 7.42.